The van der Waals surface area contributed by atoms with Crippen molar-refractivity contribution in [1.29, 1.82) is 0 Å². The van der Waals surface area contributed by atoms with Crippen LogP contribution in [0.25, 0.3) is 0 Å². The monoisotopic (exact) mass is 335 g/mol. The third-order valence-electron chi connectivity index (χ3n) is 4.65. The molecule has 6 heteroatoms. The first-order chi connectivity index (χ1) is 11.2. The number of carbonyl (C=O) groups excluding carboxylic acids is 2. The molecule has 24 heavy (non-hydrogen) atoms. The Labute approximate surface area is 143 Å². The molecular weight excluding hydrogens is 306 g/mol. The van der Waals surface area contributed by atoms with Gasteiger partial charge in [0.15, 0.2) is 5.78 Å². The lowest BCUT2D eigenvalue weighted by molar-refractivity contribution is -0.0778. The molecule has 1 saturated heterocycles. The molecule has 1 amide bonds. The van der Waals surface area contributed by atoms with E-state index in [0.29, 0.717) is 17.8 Å². The summed E-state index contributed by atoms with van der Waals surface area (Å²) in [5.74, 6) is -0.186. The number of ketones is 1. The molecule has 0 bridgehead atoms. The Morgan fingerprint density at radius 1 is 1.29 bits per heavy atom. The summed E-state index contributed by atoms with van der Waals surface area (Å²) >= 11 is 0. The fraction of sp³-hybridized carbons (Fsp3) is 0.667. The number of morpholine rings is 1. The number of hydrogen-bond acceptors (Lipinski definition) is 4. The van der Waals surface area contributed by atoms with Gasteiger partial charge in [0.25, 0.3) is 5.91 Å². The maximum absolute atomic E-state index is 12.5. The number of nitrogens with one attached hydrogen (secondary N) is 2. The lowest BCUT2D eigenvalue weighted by Gasteiger charge is -2.38. The van der Waals surface area contributed by atoms with E-state index < -0.39 is 0 Å². The van der Waals surface area contributed by atoms with Crippen molar-refractivity contribution < 1.29 is 14.3 Å². The van der Waals surface area contributed by atoms with Crippen LogP contribution in [-0.4, -0.2) is 59.5 Å². The minimum absolute atomic E-state index is 0.0232. The lowest BCUT2D eigenvalue weighted by Crippen LogP contribution is -2.52. The molecule has 0 aliphatic carbocycles. The Bertz CT molecular complexity index is 613. The number of carbonyl (C=O) groups is 2. The van der Waals surface area contributed by atoms with Gasteiger partial charge in [-0.25, -0.2) is 0 Å². The average molecular weight is 335 g/mol. The number of ether oxygens (including phenoxy) is 1. The van der Waals surface area contributed by atoms with Crippen molar-refractivity contribution in [3.8, 4) is 0 Å². The van der Waals surface area contributed by atoms with Gasteiger partial charge in [-0.3, -0.25) is 14.5 Å². The van der Waals surface area contributed by atoms with E-state index in [9.17, 15) is 9.59 Å². The second-order valence-corrected chi connectivity index (χ2v) is 6.95. The van der Waals surface area contributed by atoms with Gasteiger partial charge in [0, 0.05) is 36.9 Å². The van der Waals surface area contributed by atoms with Crippen molar-refractivity contribution in [2.45, 2.75) is 59.8 Å². The number of rotatable bonds is 5. The molecule has 0 unspecified atom stereocenters. The van der Waals surface area contributed by atoms with Gasteiger partial charge in [-0.2, -0.15) is 0 Å². The number of amides is 1. The smallest absolute Gasteiger partial charge is 0.268 e. The van der Waals surface area contributed by atoms with Gasteiger partial charge in [-0.1, -0.05) is 0 Å². The third-order valence-corrected chi connectivity index (χ3v) is 4.65. The summed E-state index contributed by atoms with van der Waals surface area (Å²) in [6.07, 6.45) is 0.414. The number of hydrogen-bond donors (Lipinski definition) is 2. The Balaban J connectivity index is 1.98. The molecule has 6 nitrogen and oxygen atoms in total. The van der Waals surface area contributed by atoms with Crippen LogP contribution in [0.1, 0.15) is 59.8 Å². The van der Waals surface area contributed by atoms with E-state index in [1.54, 1.807) is 0 Å². The Kier molecular flexibility index (Phi) is 5.83. The van der Waals surface area contributed by atoms with Crippen LogP contribution in [0.15, 0.2) is 0 Å². The van der Waals surface area contributed by atoms with E-state index in [4.69, 9.17) is 4.74 Å². The second-order valence-electron chi connectivity index (χ2n) is 6.95. The zero-order valence-electron chi connectivity index (χ0n) is 15.5. The molecule has 3 atom stereocenters. The number of aryl methyl sites for hydroxylation is 1. The molecule has 134 valence electrons. The van der Waals surface area contributed by atoms with Crippen LogP contribution in [0.2, 0.25) is 0 Å². The Hall–Kier alpha value is -1.66. The highest BCUT2D eigenvalue weighted by molar-refractivity contribution is 6.02. The molecule has 1 aromatic heterocycles. The molecule has 1 aliphatic heterocycles. The van der Waals surface area contributed by atoms with Crippen LogP contribution in [0, 0.1) is 13.8 Å². The van der Waals surface area contributed by atoms with Crippen LogP contribution >= 0.6 is 0 Å². The number of aromatic nitrogens is 1. The minimum atomic E-state index is -0.163. The molecule has 0 saturated carbocycles. The standard InChI is InChI=1S/C18H29N3O3/c1-10(21-8-11(2)24-12(3)9-21)7-19-18(23)17-13(4)16(15(6)22)14(5)20-17/h10-12,20H,7-9H2,1-6H3,(H,19,23)/t10-,11-,12-/m0/s1. The largest absolute Gasteiger partial charge is 0.373 e. The fourth-order valence-electron chi connectivity index (χ4n) is 3.54. The fourth-order valence-corrected chi connectivity index (χ4v) is 3.54. The van der Waals surface area contributed by atoms with E-state index in [2.05, 4.69) is 36.0 Å². The van der Waals surface area contributed by atoms with Crippen LogP contribution in [0.3, 0.4) is 0 Å². The molecule has 1 fully saturated rings. The molecule has 2 heterocycles. The Morgan fingerprint density at radius 2 is 1.88 bits per heavy atom. The second kappa shape index (κ2) is 7.49. The minimum Gasteiger partial charge on any atom is -0.373 e. The first-order valence-corrected chi connectivity index (χ1v) is 8.58. The van der Waals surface area contributed by atoms with Crippen molar-refractivity contribution in [2.24, 2.45) is 0 Å². The molecule has 1 aromatic rings. The zero-order chi connectivity index (χ0) is 18.0. The van der Waals surface area contributed by atoms with E-state index in [-0.39, 0.29) is 29.9 Å². The highest BCUT2D eigenvalue weighted by Crippen LogP contribution is 2.18. The molecule has 1 aliphatic rings. The van der Waals surface area contributed by atoms with E-state index in [0.717, 1.165) is 24.3 Å². The topological polar surface area (TPSA) is 74.4 Å². The predicted molar refractivity (Wildman–Crippen MR) is 93.6 cm³/mol. The summed E-state index contributed by atoms with van der Waals surface area (Å²) in [5, 5.41) is 2.98. The summed E-state index contributed by atoms with van der Waals surface area (Å²) in [7, 11) is 0. The van der Waals surface area contributed by atoms with Crippen molar-refractivity contribution in [3.05, 3.63) is 22.5 Å². The summed E-state index contributed by atoms with van der Waals surface area (Å²) < 4.78 is 5.75. The average Bonchev–Trinajstić information content (AvgIpc) is 2.78. The van der Waals surface area contributed by atoms with Crippen molar-refractivity contribution in [2.75, 3.05) is 19.6 Å². The Morgan fingerprint density at radius 3 is 2.38 bits per heavy atom. The highest BCUT2D eigenvalue weighted by atomic mass is 16.5. The van der Waals surface area contributed by atoms with Gasteiger partial charge in [-0.05, 0) is 47.1 Å². The van der Waals surface area contributed by atoms with Gasteiger partial charge in [-0.15, -0.1) is 0 Å². The van der Waals surface area contributed by atoms with Crippen molar-refractivity contribution >= 4 is 11.7 Å². The quantitative estimate of drug-likeness (QED) is 0.808. The molecule has 2 rings (SSSR count). The summed E-state index contributed by atoms with van der Waals surface area (Å²) in [5.41, 5.74) is 2.56. The van der Waals surface area contributed by atoms with Crippen LogP contribution < -0.4 is 5.32 Å². The van der Waals surface area contributed by atoms with Gasteiger partial charge < -0.3 is 15.0 Å². The normalized spacial score (nSPS) is 23.1. The maximum Gasteiger partial charge on any atom is 0.268 e. The van der Waals surface area contributed by atoms with Gasteiger partial charge in [0.2, 0.25) is 0 Å². The van der Waals surface area contributed by atoms with Gasteiger partial charge in [0.1, 0.15) is 5.69 Å². The summed E-state index contributed by atoms with van der Waals surface area (Å²) in [6, 6.07) is 0.228. The van der Waals surface area contributed by atoms with Crippen LogP contribution in [0.4, 0.5) is 0 Å². The molecule has 0 aromatic carbocycles. The van der Waals surface area contributed by atoms with Crippen molar-refractivity contribution in [3.63, 3.8) is 0 Å². The first kappa shape index (κ1) is 18.7. The van der Waals surface area contributed by atoms with Crippen LogP contribution in [0.5, 0.6) is 0 Å². The van der Waals surface area contributed by atoms with Crippen molar-refractivity contribution in [1.82, 2.24) is 15.2 Å². The predicted octanol–water partition coefficient (Wildman–Crippen LogP) is 2.06. The molecular formula is C18H29N3O3. The van der Waals surface area contributed by atoms with Gasteiger partial charge in [0.05, 0.1) is 12.2 Å². The SMILES string of the molecule is CC(=O)c1c(C)[nH]c(C(=O)NC[C@H](C)N2C[C@H](C)O[C@@H](C)C2)c1C. The van der Waals surface area contributed by atoms with E-state index >= 15 is 0 Å². The number of nitrogens with zero attached hydrogens (tertiary/aromatic N) is 1. The molecule has 2 N–H and O–H groups in total. The van der Waals surface area contributed by atoms with E-state index in [1.165, 1.54) is 6.92 Å². The van der Waals surface area contributed by atoms with Gasteiger partial charge >= 0.3 is 0 Å². The zero-order valence-corrected chi connectivity index (χ0v) is 15.5. The number of aromatic amines is 1. The number of H-pyrrole nitrogens is 1. The highest BCUT2D eigenvalue weighted by Gasteiger charge is 2.26. The van der Waals surface area contributed by atoms with Crippen LogP contribution in [-0.2, 0) is 4.74 Å². The van der Waals surface area contributed by atoms with E-state index in [1.807, 2.05) is 13.8 Å². The molecule has 0 spiro atoms. The summed E-state index contributed by atoms with van der Waals surface area (Å²) in [4.78, 5) is 29.5. The summed E-state index contributed by atoms with van der Waals surface area (Å²) in [6.45, 7) is 13.7. The first-order valence-electron chi connectivity index (χ1n) is 8.58. The maximum atomic E-state index is 12.5. The lowest BCUT2D eigenvalue weighted by atomic mass is 10.1. The molecule has 0 radical (unpaired) electrons. The number of Topliss-reactive ketones (excluding diaryl/α,β-unsaturated/α-hetero) is 1. The third kappa shape index (κ3) is 4.05.